The van der Waals surface area contributed by atoms with E-state index in [0.717, 1.165) is 26.2 Å². The second-order valence-corrected chi connectivity index (χ2v) is 8.52. The summed E-state index contributed by atoms with van der Waals surface area (Å²) in [5.74, 6) is 0.975. The van der Waals surface area contributed by atoms with Crippen LogP contribution in [0.4, 0.5) is 0 Å². The van der Waals surface area contributed by atoms with Gasteiger partial charge >= 0.3 is 0 Å². The smallest absolute Gasteiger partial charge is 0.232 e. The standard InChI is InChI=1S/C14H26N2OS.ClH/c1-13(2,3)18-10-12(17)16-9-6-14(11-16)4-7-15-8-5-14;/h15H,4-11H2,1-3H3;1H. The van der Waals surface area contributed by atoms with E-state index in [9.17, 15) is 4.79 Å². The van der Waals surface area contributed by atoms with Gasteiger partial charge in [0, 0.05) is 17.8 Å². The van der Waals surface area contributed by atoms with Crippen LogP contribution in [0.3, 0.4) is 0 Å². The van der Waals surface area contributed by atoms with E-state index in [1.54, 1.807) is 11.8 Å². The number of carbonyl (C=O) groups is 1. The second kappa shape index (κ2) is 6.68. The molecule has 1 spiro atoms. The van der Waals surface area contributed by atoms with Crippen molar-refractivity contribution in [3.8, 4) is 0 Å². The van der Waals surface area contributed by atoms with Gasteiger partial charge in [0.2, 0.25) is 5.91 Å². The van der Waals surface area contributed by atoms with Crippen molar-refractivity contribution in [2.24, 2.45) is 5.41 Å². The van der Waals surface area contributed by atoms with Crippen molar-refractivity contribution in [3.63, 3.8) is 0 Å². The summed E-state index contributed by atoms with van der Waals surface area (Å²) < 4.78 is 0.182. The van der Waals surface area contributed by atoms with E-state index in [1.165, 1.54) is 19.3 Å². The molecular formula is C14H27ClN2OS. The molecule has 0 aromatic rings. The number of hydrogen-bond donors (Lipinski definition) is 1. The predicted molar refractivity (Wildman–Crippen MR) is 85.2 cm³/mol. The van der Waals surface area contributed by atoms with Gasteiger partial charge < -0.3 is 10.2 Å². The summed E-state index contributed by atoms with van der Waals surface area (Å²) in [6, 6.07) is 0. The predicted octanol–water partition coefficient (Wildman–Crippen LogP) is 2.54. The molecule has 2 aliphatic rings. The molecule has 2 saturated heterocycles. The average Bonchev–Trinajstić information content (AvgIpc) is 2.70. The molecule has 19 heavy (non-hydrogen) atoms. The lowest BCUT2D eigenvalue weighted by Gasteiger charge is -2.33. The highest BCUT2D eigenvalue weighted by Gasteiger charge is 2.40. The monoisotopic (exact) mass is 306 g/mol. The summed E-state index contributed by atoms with van der Waals surface area (Å²) in [6.07, 6.45) is 3.69. The van der Waals surface area contributed by atoms with Gasteiger partial charge in [-0.1, -0.05) is 20.8 Å². The Hall–Kier alpha value is 0.0700. The molecule has 1 N–H and O–H groups in total. The topological polar surface area (TPSA) is 32.3 Å². The maximum Gasteiger partial charge on any atom is 0.232 e. The van der Waals surface area contributed by atoms with Crippen LogP contribution in [0.15, 0.2) is 0 Å². The van der Waals surface area contributed by atoms with E-state index >= 15 is 0 Å². The first kappa shape index (κ1) is 17.1. The highest BCUT2D eigenvalue weighted by Crippen LogP contribution is 2.38. The minimum absolute atomic E-state index is 0. The van der Waals surface area contributed by atoms with Crippen LogP contribution in [0.1, 0.15) is 40.0 Å². The van der Waals surface area contributed by atoms with Gasteiger partial charge in [-0.05, 0) is 37.8 Å². The third-order valence-corrected chi connectivity index (χ3v) is 5.34. The molecule has 2 rings (SSSR count). The molecule has 0 aliphatic carbocycles. The van der Waals surface area contributed by atoms with Crippen molar-refractivity contribution >= 4 is 30.1 Å². The number of carbonyl (C=O) groups excluding carboxylic acids is 1. The Morgan fingerprint density at radius 1 is 1.26 bits per heavy atom. The van der Waals surface area contributed by atoms with Gasteiger partial charge in [-0.15, -0.1) is 24.2 Å². The van der Waals surface area contributed by atoms with Crippen molar-refractivity contribution < 1.29 is 4.79 Å². The van der Waals surface area contributed by atoms with E-state index in [-0.39, 0.29) is 17.2 Å². The number of halogens is 1. The summed E-state index contributed by atoms with van der Waals surface area (Å²) in [7, 11) is 0. The second-order valence-electron chi connectivity index (χ2n) is 6.72. The van der Waals surface area contributed by atoms with Gasteiger partial charge in [-0.25, -0.2) is 0 Å². The van der Waals surface area contributed by atoms with E-state index in [4.69, 9.17) is 0 Å². The van der Waals surface area contributed by atoms with Crippen molar-refractivity contribution in [1.29, 1.82) is 0 Å². The van der Waals surface area contributed by atoms with Crippen LogP contribution < -0.4 is 5.32 Å². The molecule has 2 fully saturated rings. The molecule has 0 bridgehead atoms. The molecule has 0 saturated carbocycles. The van der Waals surface area contributed by atoms with Crippen LogP contribution >= 0.6 is 24.2 Å². The molecule has 5 heteroatoms. The SMILES string of the molecule is CC(C)(C)SCC(=O)N1CCC2(CCNCC2)C1.Cl. The Labute approximate surface area is 127 Å². The zero-order valence-electron chi connectivity index (χ0n) is 12.3. The maximum absolute atomic E-state index is 12.2. The van der Waals surface area contributed by atoms with Gasteiger partial charge in [-0.3, -0.25) is 4.79 Å². The highest BCUT2D eigenvalue weighted by molar-refractivity contribution is 8.01. The first-order valence-electron chi connectivity index (χ1n) is 7.03. The molecule has 2 heterocycles. The zero-order valence-corrected chi connectivity index (χ0v) is 14.0. The molecule has 1 amide bonds. The number of thioether (sulfide) groups is 1. The molecule has 3 nitrogen and oxygen atoms in total. The Morgan fingerprint density at radius 2 is 1.89 bits per heavy atom. The third kappa shape index (κ3) is 4.83. The summed E-state index contributed by atoms with van der Waals surface area (Å²) in [5.41, 5.74) is 0.438. The van der Waals surface area contributed by atoms with Crippen LogP contribution in [-0.4, -0.2) is 47.5 Å². The Bertz CT molecular complexity index is 311. The first-order chi connectivity index (χ1) is 8.40. The number of piperidine rings is 1. The van der Waals surface area contributed by atoms with E-state index in [2.05, 4.69) is 31.0 Å². The Kier molecular flexibility index (Phi) is 6.02. The van der Waals surface area contributed by atoms with Crippen molar-refractivity contribution in [3.05, 3.63) is 0 Å². The fourth-order valence-corrected chi connectivity index (χ4v) is 3.62. The van der Waals surface area contributed by atoms with Crippen molar-refractivity contribution in [1.82, 2.24) is 10.2 Å². The first-order valence-corrected chi connectivity index (χ1v) is 8.01. The van der Waals surface area contributed by atoms with Crippen molar-refractivity contribution in [2.75, 3.05) is 31.9 Å². The fraction of sp³-hybridized carbons (Fsp3) is 0.929. The molecule has 0 aromatic carbocycles. The Morgan fingerprint density at radius 3 is 2.47 bits per heavy atom. The number of rotatable bonds is 2. The number of likely N-dealkylation sites (tertiary alicyclic amines) is 1. The number of hydrogen-bond acceptors (Lipinski definition) is 3. The fourth-order valence-electron chi connectivity index (χ4n) is 2.88. The van der Waals surface area contributed by atoms with Crippen LogP contribution in [-0.2, 0) is 4.79 Å². The van der Waals surface area contributed by atoms with Gasteiger partial charge in [-0.2, -0.15) is 0 Å². The molecular weight excluding hydrogens is 280 g/mol. The van der Waals surface area contributed by atoms with Gasteiger partial charge in [0.05, 0.1) is 5.75 Å². The van der Waals surface area contributed by atoms with Crippen molar-refractivity contribution in [2.45, 2.75) is 44.8 Å². The number of nitrogens with zero attached hydrogens (tertiary/aromatic N) is 1. The van der Waals surface area contributed by atoms with E-state index < -0.39 is 0 Å². The molecule has 0 aromatic heterocycles. The zero-order chi connectivity index (χ0) is 13.2. The molecule has 2 aliphatic heterocycles. The van der Waals surface area contributed by atoms with Gasteiger partial charge in [0.15, 0.2) is 0 Å². The molecule has 0 atom stereocenters. The average molecular weight is 307 g/mol. The minimum atomic E-state index is 0. The quantitative estimate of drug-likeness (QED) is 0.851. The van der Waals surface area contributed by atoms with Crippen LogP contribution in [0, 0.1) is 5.41 Å². The Balaban J connectivity index is 0.00000180. The maximum atomic E-state index is 12.2. The molecule has 112 valence electrons. The highest BCUT2D eigenvalue weighted by atomic mass is 35.5. The van der Waals surface area contributed by atoms with Crippen LogP contribution in [0.25, 0.3) is 0 Å². The largest absolute Gasteiger partial charge is 0.341 e. The van der Waals surface area contributed by atoms with E-state index in [1.807, 2.05) is 0 Å². The summed E-state index contributed by atoms with van der Waals surface area (Å²) in [5, 5.41) is 3.42. The lowest BCUT2D eigenvalue weighted by atomic mass is 9.78. The van der Waals surface area contributed by atoms with Gasteiger partial charge in [0.25, 0.3) is 0 Å². The summed E-state index contributed by atoms with van der Waals surface area (Å²) in [4.78, 5) is 14.3. The van der Waals surface area contributed by atoms with Gasteiger partial charge in [0.1, 0.15) is 0 Å². The normalized spacial score (nSPS) is 22.4. The minimum Gasteiger partial charge on any atom is -0.341 e. The van der Waals surface area contributed by atoms with Crippen LogP contribution in [0.2, 0.25) is 0 Å². The number of nitrogens with one attached hydrogen (secondary N) is 1. The van der Waals surface area contributed by atoms with E-state index in [0.29, 0.717) is 17.1 Å². The van der Waals surface area contributed by atoms with Crippen LogP contribution in [0.5, 0.6) is 0 Å². The third-order valence-electron chi connectivity index (χ3n) is 4.08. The summed E-state index contributed by atoms with van der Waals surface area (Å²) >= 11 is 1.76. The molecule has 0 unspecified atom stereocenters. The number of amides is 1. The lowest BCUT2D eigenvalue weighted by molar-refractivity contribution is -0.127. The molecule has 0 radical (unpaired) electrons. The summed E-state index contributed by atoms with van der Waals surface area (Å²) in [6.45, 7) is 10.7. The lowest BCUT2D eigenvalue weighted by Crippen LogP contribution is -2.40.